The van der Waals surface area contributed by atoms with E-state index in [2.05, 4.69) is 0 Å². The average Bonchev–Trinajstić information content (AvgIpc) is 2.12. The van der Waals surface area contributed by atoms with E-state index in [1.807, 2.05) is 0 Å². The Morgan fingerprint density at radius 1 is 1.15 bits per heavy atom. The van der Waals surface area contributed by atoms with Crippen LogP contribution in [0, 0.1) is 0 Å². The molecule has 0 amide bonds. The fraction of sp³-hybridized carbons (Fsp3) is 0. The van der Waals surface area contributed by atoms with Gasteiger partial charge in [-0.25, -0.2) is 0 Å². The molecule has 1 heterocycles. The highest BCUT2D eigenvalue weighted by Crippen LogP contribution is 2.23. The lowest BCUT2D eigenvalue weighted by atomic mass is 10.2. The van der Waals surface area contributed by atoms with Crippen molar-refractivity contribution in [2.24, 2.45) is 0 Å². The molecule has 4 N–H and O–H groups in total. The standard InChI is InChI=1S/C9H8N2O2/c10-6-2-1-5-7(12)3-4-13-9(5)8(6)11/h1-4H,10-11H2. The van der Waals surface area contributed by atoms with Gasteiger partial charge >= 0.3 is 0 Å². The monoisotopic (exact) mass is 176 g/mol. The topological polar surface area (TPSA) is 82.2 Å². The van der Waals surface area contributed by atoms with Crippen molar-refractivity contribution < 1.29 is 4.42 Å². The van der Waals surface area contributed by atoms with Gasteiger partial charge in [0.05, 0.1) is 23.0 Å². The molecule has 1 aromatic heterocycles. The van der Waals surface area contributed by atoms with Crippen molar-refractivity contribution in [3.63, 3.8) is 0 Å². The van der Waals surface area contributed by atoms with Gasteiger partial charge in [0, 0.05) is 6.07 Å². The minimum Gasteiger partial charge on any atom is -0.462 e. The highest BCUT2D eigenvalue weighted by molar-refractivity contribution is 5.93. The van der Waals surface area contributed by atoms with E-state index < -0.39 is 0 Å². The number of hydrogen-bond donors (Lipinski definition) is 2. The first-order valence-corrected chi connectivity index (χ1v) is 3.75. The normalized spacial score (nSPS) is 10.5. The molecule has 0 saturated carbocycles. The molecule has 0 saturated heterocycles. The summed E-state index contributed by atoms with van der Waals surface area (Å²) in [5.74, 6) is 0. The molecule has 2 rings (SSSR count). The van der Waals surface area contributed by atoms with Crippen LogP contribution in [0.2, 0.25) is 0 Å². The van der Waals surface area contributed by atoms with Crippen molar-refractivity contribution in [1.82, 2.24) is 0 Å². The van der Waals surface area contributed by atoms with Gasteiger partial charge in [-0.15, -0.1) is 0 Å². The number of hydrogen-bond acceptors (Lipinski definition) is 4. The molecule has 66 valence electrons. The number of benzene rings is 1. The third-order valence-electron chi connectivity index (χ3n) is 1.90. The van der Waals surface area contributed by atoms with E-state index >= 15 is 0 Å². The molecule has 0 atom stereocenters. The molecule has 4 heteroatoms. The molecule has 0 aliphatic carbocycles. The van der Waals surface area contributed by atoms with Crippen LogP contribution in [0.25, 0.3) is 11.0 Å². The summed E-state index contributed by atoms with van der Waals surface area (Å²) in [4.78, 5) is 11.3. The minimum atomic E-state index is -0.118. The highest BCUT2D eigenvalue weighted by Gasteiger charge is 2.05. The Morgan fingerprint density at radius 2 is 1.92 bits per heavy atom. The van der Waals surface area contributed by atoms with E-state index in [4.69, 9.17) is 15.9 Å². The van der Waals surface area contributed by atoms with Gasteiger partial charge in [0.25, 0.3) is 0 Å². The summed E-state index contributed by atoms with van der Waals surface area (Å²) in [5, 5.41) is 0.453. The molecule has 0 unspecified atom stereocenters. The van der Waals surface area contributed by atoms with Crippen molar-refractivity contribution in [2.75, 3.05) is 11.5 Å². The molecule has 13 heavy (non-hydrogen) atoms. The lowest BCUT2D eigenvalue weighted by Gasteiger charge is -2.01. The fourth-order valence-electron chi connectivity index (χ4n) is 1.19. The lowest BCUT2D eigenvalue weighted by molar-refractivity contribution is 0.604. The molecule has 4 nitrogen and oxygen atoms in total. The van der Waals surface area contributed by atoms with E-state index in [1.165, 1.54) is 12.3 Å². The minimum absolute atomic E-state index is 0.118. The maximum absolute atomic E-state index is 11.3. The smallest absolute Gasteiger partial charge is 0.192 e. The summed E-state index contributed by atoms with van der Waals surface area (Å²) in [5.41, 5.74) is 12.1. The van der Waals surface area contributed by atoms with Gasteiger partial charge in [-0.05, 0) is 12.1 Å². The van der Waals surface area contributed by atoms with Crippen molar-refractivity contribution >= 4 is 22.3 Å². The van der Waals surface area contributed by atoms with Crippen LogP contribution in [0.15, 0.2) is 33.7 Å². The Bertz CT molecular complexity index is 516. The van der Waals surface area contributed by atoms with Gasteiger partial charge in [0.1, 0.15) is 0 Å². The van der Waals surface area contributed by atoms with Gasteiger partial charge in [0.2, 0.25) is 0 Å². The van der Waals surface area contributed by atoms with E-state index in [0.717, 1.165) is 0 Å². The molecular formula is C9H8N2O2. The van der Waals surface area contributed by atoms with Crippen LogP contribution in [0.1, 0.15) is 0 Å². The number of fused-ring (bicyclic) bond motifs is 1. The second-order valence-corrected chi connectivity index (χ2v) is 2.73. The second-order valence-electron chi connectivity index (χ2n) is 2.73. The lowest BCUT2D eigenvalue weighted by Crippen LogP contribution is -2.02. The first-order chi connectivity index (χ1) is 6.20. The number of rotatable bonds is 0. The summed E-state index contributed by atoms with van der Waals surface area (Å²) in [6.45, 7) is 0. The zero-order valence-electron chi connectivity index (χ0n) is 6.78. The molecule has 1 aromatic carbocycles. The summed E-state index contributed by atoms with van der Waals surface area (Å²) in [7, 11) is 0. The summed E-state index contributed by atoms with van der Waals surface area (Å²) in [6.07, 6.45) is 1.31. The Hall–Kier alpha value is -1.97. The Kier molecular flexibility index (Phi) is 1.48. The summed E-state index contributed by atoms with van der Waals surface area (Å²) < 4.78 is 5.10. The van der Waals surface area contributed by atoms with Crippen LogP contribution in [0.3, 0.4) is 0 Å². The first kappa shape index (κ1) is 7.67. The summed E-state index contributed by atoms with van der Waals surface area (Å²) >= 11 is 0. The Morgan fingerprint density at radius 3 is 2.69 bits per heavy atom. The molecule has 2 aromatic rings. The number of nitrogens with two attached hydrogens (primary N) is 2. The average molecular weight is 176 g/mol. The molecule has 0 fully saturated rings. The van der Waals surface area contributed by atoms with Crippen LogP contribution in [-0.2, 0) is 0 Å². The highest BCUT2D eigenvalue weighted by atomic mass is 16.3. The van der Waals surface area contributed by atoms with Crippen LogP contribution in [0.5, 0.6) is 0 Å². The molecule has 0 radical (unpaired) electrons. The number of nitrogen functional groups attached to an aromatic ring is 2. The van der Waals surface area contributed by atoms with Gasteiger partial charge < -0.3 is 15.9 Å². The molecular weight excluding hydrogens is 168 g/mol. The summed E-state index contributed by atoms with van der Waals surface area (Å²) in [6, 6.07) is 4.54. The van der Waals surface area contributed by atoms with Gasteiger partial charge in [0.15, 0.2) is 11.0 Å². The third kappa shape index (κ3) is 1.03. The predicted molar refractivity (Wildman–Crippen MR) is 51.3 cm³/mol. The van der Waals surface area contributed by atoms with Crippen LogP contribution < -0.4 is 16.9 Å². The first-order valence-electron chi connectivity index (χ1n) is 3.75. The Labute approximate surface area is 73.8 Å². The molecule has 0 aliphatic rings. The maximum Gasteiger partial charge on any atom is 0.192 e. The van der Waals surface area contributed by atoms with Crippen molar-refractivity contribution in [3.05, 3.63) is 34.7 Å². The van der Waals surface area contributed by atoms with Crippen LogP contribution >= 0.6 is 0 Å². The van der Waals surface area contributed by atoms with Crippen LogP contribution in [0.4, 0.5) is 11.4 Å². The van der Waals surface area contributed by atoms with Gasteiger partial charge in [-0.3, -0.25) is 4.79 Å². The van der Waals surface area contributed by atoms with E-state index in [0.29, 0.717) is 22.3 Å². The molecule has 0 bridgehead atoms. The van der Waals surface area contributed by atoms with Crippen molar-refractivity contribution in [2.45, 2.75) is 0 Å². The molecule has 0 spiro atoms. The van der Waals surface area contributed by atoms with E-state index in [9.17, 15) is 4.79 Å². The van der Waals surface area contributed by atoms with E-state index in [-0.39, 0.29) is 5.43 Å². The predicted octanol–water partition coefficient (Wildman–Crippen LogP) is 0.957. The third-order valence-corrected chi connectivity index (χ3v) is 1.90. The second kappa shape index (κ2) is 2.52. The quantitative estimate of drug-likeness (QED) is 0.585. The molecule has 0 aliphatic heterocycles. The van der Waals surface area contributed by atoms with Gasteiger partial charge in [-0.2, -0.15) is 0 Å². The number of anilines is 2. The maximum atomic E-state index is 11.3. The largest absolute Gasteiger partial charge is 0.462 e. The zero-order chi connectivity index (χ0) is 9.42. The van der Waals surface area contributed by atoms with Crippen molar-refractivity contribution in [1.29, 1.82) is 0 Å². The zero-order valence-corrected chi connectivity index (χ0v) is 6.78. The van der Waals surface area contributed by atoms with Crippen molar-refractivity contribution in [3.8, 4) is 0 Å². The van der Waals surface area contributed by atoms with Crippen LogP contribution in [-0.4, -0.2) is 0 Å². The Balaban J connectivity index is 3.03. The van der Waals surface area contributed by atoms with Gasteiger partial charge in [-0.1, -0.05) is 0 Å². The fourth-order valence-corrected chi connectivity index (χ4v) is 1.19. The van der Waals surface area contributed by atoms with E-state index in [1.54, 1.807) is 12.1 Å². The SMILES string of the molecule is Nc1ccc2c(=O)ccoc2c1N.